The Morgan fingerprint density at radius 3 is 2.29 bits per heavy atom. The number of aromatic nitrogens is 2. The van der Waals surface area contributed by atoms with Crippen molar-refractivity contribution in [1.82, 2.24) is 9.97 Å². The van der Waals surface area contributed by atoms with Gasteiger partial charge in [0.2, 0.25) is 0 Å². The second-order valence-corrected chi connectivity index (χ2v) is 5.76. The van der Waals surface area contributed by atoms with E-state index in [0.717, 1.165) is 5.69 Å². The van der Waals surface area contributed by atoms with Crippen LogP contribution >= 0.6 is 23.2 Å². The molecule has 0 atom stereocenters. The van der Waals surface area contributed by atoms with Crippen LogP contribution in [0, 0.1) is 0 Å². The first kappa shape index (κ1) is 16.2. The molecule has 0 radical (unpaired) electrons. The van der Waals surface area contributed by atoms with Gasteiger partial charge in [0.1, 0.15) is 17.8 Å². The molecule has 0 aliphatic rings. The number of anilines is 3. The van der Waals surface area contributed by atoms with E-state index in [0.29, 0.717) is 21.6 Å². The fraction of sp³-hybridized carbons (Fsp3) is 0. The zero-order chi connectivity index (χ0) is 16.9. The molecule has 24 heavy (non-hydrogen) atoms. The SMILES string of the molecule is O=C(Nc1cc(Cl)cc(Cl)c1)c1cc(Nc2ccccc2)ncn1. The molecule has 2 aromatic carbocycles. The number of hydrogen-bond donors (Lipinski definition) is 2. The summed E-state index contributed by atoms with van der Waals surface area (Å²) in [7, 11) is 0. The van der Waals surface area contributed by atoms with Crippen molar-refractivity contribution >= 4 is 46.3 Å². The van der Waals surface area contributed by atoms with Crippen molar-refractivity contribution < 1.29 is 4.79 Å². The molecule has 0 fully saturated rings. The van der Waals surface area contributed by atoms with Crippen molar-refractivity contribution in [2.75, 3.05) is 10.6 Å². The maximum Gasteiger partial charge on any atom is 0.274 e. The minimum absolute atomic E-state index is 0.222. The van der Waals surface area contributed by atoms with E-state index < -0.39 is 0 Å². The topological polar surface area (TPSA) is 66.9 Å². The molecule has 2 N–H and O–H groups in total. The number of nitrogens with zero attached hydrogens (tertiary/aromatic N) is 2. The fourth-order valence-corrected chi connectivity index (χ4v) is 2.57. The van der Waals surface area contributed by atoms with E-state index in [-0.39, 0.29) is 11.6 Å². The zero-order valence-electron chi connectivity index (χ0n) is 12.3. The van der Waals surface area contributed by atoms with Crippen molar-refractivity contribution in [1.29, 1.82) is 0 Å². The second kappa shape index (κ2) is 7.29. The van der Waals surface area contributed by atoms with Crippen molar-refractivity contribution in [2.24, 2.45) is 0 Å². The molecule has 0 saturated carbocycles. The van der Waals surface area contributed by atoms with Gasteiger partial charge in [0.05, 0.1) is 0 Å². The number of para-hydroxylation sites is 1. The highest BCUT2D eigenvalue weighted by Crippen LogP contribution is 2.23. The predicted molar refractivity (Wildman–Crippen MR) is 96.2 cm³/mol. The van der Waals surface area contributed by atoms with Gasteiger partial charge >= 0.3 is 0 Å². The van der Waals surface area contributed by atoms with Gasteiger partial charge < -0.3 is 10.6 Å². The molecule has 0 aliphatic carbocycles. The number of carbonyl (C=O) groups excluding carboxylic acids is 1. The van der Waals surface area contributed by atoms with E-state index in [1.165, 1.54) is 6.33 Å². The van der Waals surface area contributed by atoms with Gasteiger partial charge in [-0.15, -0.1) is 0 Å². The quantitative estimate of drug-likeness (QED) is 0.704. The standard InChI is InChI=1S/C17H12Cl2N4O/c18-11-6-12(19)8-14(7-11)23-17(24)15-9-16(21-10-20-15)22-13-4-2-1-3-5-13/h1-10H,(H,23,24)(H,20,21,22). The third-order valence-corrected chi connectivity index (χ3v) is 3.50. The van der Waals surface area contributed by atoms with Gasteiger partial charge in [-0.25, -0.2) is 9.97 Å². The lowest BCUT2D eigenvalue weighted by molar-refractivity contribution is 0.102. The molecule has 3 aromatic rings. The molecule has 0 aliphatic heterocycles. The molecule has 0 spiro atoms. The first-order chi connectivity index (χ1) is 11.6. The summed E-state index contributed by atoms with van der Waals surface area (Å²) in [5.74, 6) is 0.136. The van der Waals surface area contributed by atoms with Crippen molar-refractivity contribution in [2.45, 2.75) is 0 Å². The van der Waals surface area contributed by atoms with Crippen LogP contribution < -0.4 is 10.6 Å². The largest absolute Gasteiger partial charge is 0.340 e. The maximum atomic E-state index is 12.3. The third-order valence-electron chi connectivity index (χ3n) is 3.07. The van der Waals surface area contributed by atoms with E-state index in [4.69, 9.17) is 23.2 Å². The van der Waals surface area contributed by atoms with E-state index >= 15 is 0 Å². The van der Waals surface area contributed by atoms with Crippen molar-refractivity contribution in [3.8, 4) is 0 Å². The summed E-state index contributed by atoms with van der Waals surface area (Å²) in [4.78, 5) is 20.4. The summed E-state index contributed by atoms with van der Waals surface area (Å²) in [6.45, 7) is 0. The molecule has 0 saturated heterocycles. The Balaban J connectivity index is 1.76. The molecular formula is C17H12Cl2N4O. The summed E-state index contributed by atoms with van der Waals surface area (Å²) < 4.78 is 0. The van der Waals surface area contributed by atoms with Crippen LogP contribution in [0.15, 0.2) is 60.9 Å². The van der Waals surface area contributed by atoms with E-state index in [9.17, 15) is 4.79 Å². The number of benzene rings is 2. The van der Waals surface area contributed by atoms with E-state index in [1.54, 1.807) is 24.3 Å². The molecule has 5 nitrogen and oxygen atoms in total. The van der Waals surface area contributed by atoms with E-state index in [1.807, 2.05) is 30.3 Å². The summed E-state index contributed by atoms with van der Waals surface area (Å²) >= 11 is 11.8. The lowest BCUT2D eigenvalue weighted by atomic mass is 10.3. The Hall–Kier alpha value is -2.63. The lowest BCUT2D eigenvalue weighted by Crippen LogP contribution is -2.14. The van der Waals surface area contributed by atoms with Gasteiger partial charge in [-0.2, -0.15) is 0 Å². The Labute approximate surface area is 148 Å². The van der Waals surface area contributed by atoms with Crippen LogP contribution in [0.25, 0.3) is 0 Å². The summed E-state index contributed by atoms with van der Waals surface area (Å²) in [6, 6.07) is 15.9. The minimum Gasteiger partial charge on any atom is -0.340 e. The molecule has 3 rings (SSSR count). The molecule has 0 bridgehead atoms. The number of carbonyl (C=O) groups is 1. The average Bonchev–Trinajstić information content (AvgIpc) is 2.55. The second-order valence-electron chi connectivity index (χ2n) is 4.89. The average molecular weight is 359 g/mol. The van der Waals surface area contributed by atoms with Gasteiger partial charge in [0.15, 0.2) is 0 Å². The minimum atomic E-state index is -0.383. The highest BCUT2D eigenvalue weighted by Gasteiger charge is 2.10. The van der Waals surface area contributed by atoms with Crippen molar-refractivity contribution in [3.63, 3.8) is 0 Å². The van der Waals surface area contributed by atoms with Crippen LogP contribution in [0.3, 0.4) is 0 Å². The summed E-state index contributed by atoms with van der Waals surface area (Å²) in [5, 5.41) is 6.69. The Bertz CT molecular complexity index is 851. The van der Waals surface area contributed by atoms with Crippen LogP contribution in [-0.4, -0.2) is 15.9 Å². The van der Waals surface area contributed by atoms with Gasteiger partial charge in [0, 0.05) is 27.5 Å². The number of nitrogens with one attached hydrogen (secondary N) is 2. The molecule has 7 heteroatoms. The summed E-state index contributed by atoms with van der Waals surface area (Å²) in [6.07, 6.45) is 1.32. The van der Waals surface area contributed by atoms with Gasteiger partial charge in [-0.3, -0.25) is 4.79 Å². The van der Waals surface area contributed by atoms with E-state index in [2.05, 4.69) is 20.6 Å². The zero-order valence-corrected chi connectivity index (χ0v) is 13.8. The Kier molecular flexibility index (Phi) is 4.93. The van der Waals surface area contributed by atoms with Crippen LogP contribution in [-0.2, 0) is 0 Å². The smallest absolute Gasteiger partial charge is 0.274 e. The third kappa shape index (κ3) is 4.22. The monoisotopic (exact) mass is 358 g/mol. The molecule has 0 unspecified atom stereocenters. The highest BCUT2D eigenvalue weighted by atomic mass is 35.5. The first-order valence-electron chi connectivity index (χ1n) is 7.02. The molecular weight excluding hydrogens is 347 g/mol. The van der Waals surface area contributed by atoms with Crippen molar-refractivity contribution in [3.05, 3.63) is 76.7 Å². The maximum absolute atomic E-state index is 12.3. The van der Waals surface area contributed by atoms with Gasteiger partial charge in [-0.05, 0) is 30.3 Å². The predicted octanol–water partition coefficient (Wildman–Crippen LogP) is 4.78. The lowest BCUT2D eigenvalue weighted by Gasteiger charge is -2.08. The number of halogens is 2. The Morgan fingerprint density at radius 1 is 0.875 bits per heavy atom. The number of amides is 1. The van der Waals surface area contributed by atoms with Crippen LogP contribution in [0.2, 0.25) is 10.0 Å². The summed E-state index contributed by atoms with van der Waals surface area (Å²) in [5.41, 5.74) is 1.58. The highest BCUT2D eigenvalue weighted by molar-refractivity contribution is 6.35. The number of hydrogen-bond acceptors (Lipinski definition) is 4. The van der Waals surface area contributed by atoms with Crippen LogP contribution in [0.4, 0.5) is 17.2 Å². The molecule has 1 aromatic heterocycles. The molecule has 120 valence electrons. The Morgan fingerprint density at radius 2 is 1.58 bits per heavy atom. The number of rotatable bonds is 4. The fourth-order valence-electron chi connectivity index (χ4n) is 2.04. The molecule has 1 heterocycles. The first-order valence-corrected chi connectivity index (χ1v) is 7.77. The molecule has 1 amide bonds. The van der Waals surface area contributed by atoms with Gasteiger partial charge in [0.25, 0.3) is 5.91 Å². The normalized spacial score (nSPS) is 10.2. The van der Waals surface area contributed by atoms with Gasteiger partial charge in [-0.1, -0.05) is 41.4 Å². The van der Waals surface area contributed by atoms with Crippen LogP contribution in [0.1, 0.15) is 10.5 Å². The van der Waals surface area contributed by atoms with Crippen LogP contribution in [0.5, 0.6) is 0 Å².